The van der Waals surface area contributed by atoms with E-state index in [1.165, 1.54) is 9.80 Å². The number of sulfone groups is 1. The molecule has 2 amide bonds. The van der Waals surface area contributed by atoms with Crippen LogP contribution in [-0.2, 0) is 19.4 Å². The third-order valence-electron chi connectivity index (χ3n) is 2.73. The van der Waals surface area contributed by atoms with Crippen LogP contribution in [0.4, 0.5) is 0 Å². The highest BCUT2D eigenvalue weighted by Gasteiger charge is 2.35. The van der Waals surface area contributed by atoms with Crippen molar-refractivity contribution in [2.24, 2.45) is 0 Å². The van der Waals surface area contributed by atoms with Crippen LogP contribution < -0.4 is 0 Å². The van der Waals surface area contributed by atoms with Crippen LogP contribution in [0, 0.1) is 0 Å². The molecule has 0 unspecified atom stereocenters. The number of rotatable bonds is 2. The van der Waals surface area contributed by atoms with Gasteiger partial charge in [-0.25, -0.2) is 8.42 Å². The smallest absolute Gasteiger partial charge is 0.243 e. The van der Waals surface area contributed by atoms with Crippen LogP contribution in [0.2, 0.25) is 0 Å². The van der Waals surface area contributed by atoms with E-state index in [4.69, 9.17) is 0 Å². The van der Waals surface area contributed by atoms with Crippen molar-refractivity contribution in [2.75, 3.05) is 26.0 Å². The quantitative estimate of drug-likeness (QED) is 0.669. The molecule has 0 saturated carbocycles. The van der Waals surface area contributed by atoms with Crippen LogP contribution in [-0.4, -0.2) is 60.8 Å². The molecule has 0 N–H and O–H groups in total. The van der Waals surface area contributed by atoms with E-state index in [1.807, 2.05) is 0 Å². The Kier molecular flexibility index (Phi) is 3.52. The maximum Gasteiger partial charge on any atom is 0.243 e. The molecule has 17 heavy (non-hydrogen) atoms. The molecule has 7 heteroatoms. The molecule has 0 aromatic carbocycles. The number of amides is 2. The Morgan fingerprint density at radius 1 is 1.35 bits per heavy atom. The largest absolute Gasteiger partial charge is 0.326 e. The first-order valence-corrected chi connectivity index (χ1v) is 6.94. The number of carbonyl (C=O) groups is 2. The minimum atomic E-state index is -3.49. The molecule has 6 nitrogen and oxygen atoms in total. The molecule has 0 aromatic rings. The van der Waals surface area contributed by atoms with Crippen LogP contribution in [0.15, 0.2) is 0 Å². The van der Waals surface area contributed by atoms with Crippen LogP contribution in [0.25, 0.3) is 0 Å². The number of hydrogen-bond acceptors (Lipinski definition) is 4. The van der Waals surface area contributed by atoms with Gasteiger partial charge in [0.2, 0.25) is 11.8 Å². The van der Waals surface area contributed by atoms with Crippen LogP contribution >= 0.6 is 0 Å². The Morgan fingerprint density at radius 2 is 1.88 bits per heavy atom. The van der Waals surface area contributed by atoms with Gasteiger partial charge in [-0.1, -0.05) is 0 Å². The zero-order chi connectivity index (χ0) is 13.4. The van der Waals surface area contributed by atoms with Crippen LogP contribution in [0.5, 0.6) is 0 Å². The normalized spacial score (nSPS) is 17.8. The van der Waals surface area contributed by atoms with Gasteiger partial charge in [-0.3, -0.25) is 9.59 Å². The molecule has 1 heterocycles. The predicted molar refractivity (Wildman–Crippen MR) is 62.9 cm³/mol. The summed E-state index contributed by atoms with van der Waals surface area (Å²) in [6.45, 7) is 4.79. The highest BCUT2D eigenvalue weighted by molar-refractivity contribution is 7.93. The van der Waals surface area contributed by atoms with Gasteiger partial charge >= 0.3 is 0 Å². The number of likely N-dealkylation sites (N-methyl/N-ethyl adjacent to an activating group) is 1. The van der Waals surface area contributed by atoms with Gasteiger partial charge in [-0.15, -0.1) is 0 Å². The summed E-state index contributed by atoms with van der Waals surface area (Å²) in [6.07, 6.45) is 0. The SMILES string of the molecule is CN1CN(C(=O)CS(=O)(=O)C(C)(C)C)CC1=O. The van der Waals surface area contributed by atoms with Crippen LogP contribution in [0.1, 0.15) is 20.8 Å². The summed E-state index contributed by atoms with van der Waals surface area (Å²) in [7, 11) is -1.91. The molecule has 0 bridgehead atoms. The van der Waals surface area contributed by atoms with Gasteiger partial charge in [0.25, 0.3) is 0 Å². The van der Waals surface area contributed by atoms with Crippen molar-refractivity contribution < 1.29 is 18.0 Å². The standard InChI is InChI=1S/C10H18N2O4S/c1-10(2,3)17(15,16)6-9(14)12-5-8(13)11(4)7-12/h5-7H2,1-4H3. The Bertz CT molecular complexity index is 436. The Hall–Kier alpha value is -1.11. The molecule has 1 saturated heterocycles. The molecule has 0 atom stereocenters. The maximum atomic E-state index is 11.8. The molecular weight excluding hydrogens is 244 g/mol. The zero-order valence-electron chi connectivity index (χ0n) is 10.6. The van der Waals surface area contributed by atoms with Gasteiger partial charge in [0.15, 0.2) is 9.84 Å². The summed E-state index contributed by atoms with van der Waals surface area (Å²) in [5.74, 6) is -1.23. The number of hydrogen-bond donors (Lipinski definition) is 0. The van der Waals surface area contributed by atoms with E-state index in [2.05, 4.69) is 0 Å². The van der Waals surface area contributed by atoms with Gasteiger partial charge < -0.3 is 9.80 Å². The molecule has 98 valence electrons. The summed E-state index contributed by atoms with van der Waals surface area (Å²) in [6, 6.07) is 0. The molecular formula is C10H18N2O4S. The summed E-state index contributed by atoms with van der Waals surface area (Å²) in [4.78, 5) is 25.6. The molecule has 1 aliphatic heterocycles. The van der Waals surface area contributed by atoms with Crippen molar-refractivity contribution in [3.8, 4) is 0 Å². The lowest BCUT2D eigenvalue weighted by atomic mass is 10.3. The minimum absolute atomic E-state index is 0.0327. The van der Waals surface area contributed by atoms with Gasteiger partial charge in [-0.05, 0) is 20.8 Å². The summed E-state index contributed by atoms with van der Waals surface area (Å²) < 4.78 is 22.7. The monoisotopic (exact) mass is 262 g/mol. The molecule has 0 aromatic heterocycles. The van der Waals surface area contributed by atoms with E-state index in [-0.39, 0.29) is 19.1 Å². The average molecular weight is 262 g/mol. The lowest BCUT2D eigenvalue weighted by Crippen LogP contribution is -2.40. The number of carbonyl (C=O) groups excluding carboxylic acids is 2. The molecule has 0 aliphatic carbocycles. The fraction of sp³-hybridized carbons (Fsp3) is 0.800. The lowest BCUT2D eigenvalue weighted by Gasteiger charge is -2.21. The summed E-state index contributed by atoms with van der Waals surface area (Å²) in [5, 5.41) is 0. The first-order chi connectivity index (χ1) is 7.54. The van der Waals surface area contributed by atoms with Crippen molar-refractivity contribution in [3.05, 3.63) is 0 Å². The van der Waals surface area contributed by atoms with Crippen molar-refractivity contribution >= 4 is 21.7 Å². The number of nitrogens with zero attached hydrogens (tertiary/aromatic N) is 2. The average Bonchev–Trinajstić information content (AvgIpc) is 2.44. The van der Waals surface area contributed by atoms with E-state index in [9.17, 15) is 18.0 Å². The second-order valence-electron chi connectivity index (χ2n) is 5.20. The third-order valence-corrected chi connectivity index (χ3v) is 5.23. The van der Waals surface area contributed by atoms with E-state index in [0.717, 1.165) is 0 Å². The zero-order valence-corrected chi connectivity index (χ0v) is 11.4. The molecule has 0 spiro atoms. The predicted octanol–water partition coefficient (Wildman–Crippen LogP) is -0.542. The molecule has 0 radical (unpaired) electrons. The highest BCUT2D eigenvalue weighted by atomic mass is 32.2. The van der Waals surface area contributed by atoms with E-state index in [1.54, 1.807) is 27.8 Å². The van der Waals surface area contributed by atoms with E-state index >= 15 is 0 Å². The lowest BCUT2D eigenvalue weighted by molar-refractivity contribution is -0.129. The van der Waals surface area contributed by atoms with Gasteiger partial charge in [0.1, 0.15) is 12.3 Å². The topological polar surface area (TPSA) is 74.8 Å². The first-order valence-electron chi connectivity index (χ1n) is 5.28. The summed E-state index contributed by atoms with van der Waals surface area (Å²) >= 11 is 0. The van der Waals surface area contributed by atoms with Gasteiger partial charge in [0, 0.05) is 7.05 Å². The van der Waals surface area contributed by atoms with Gasteiger partial charge in [0.05, 0.1) is 11.4 Å². The van der Waals surface area contributed by atoms with Gasteiger partial charge in [-0.2, -0.15) is 0 Å². The van der Waals surface area contributed by atoms with E-state index in [0.29, 0.717) is 0 Å². The van der Waals surface area contributed by atoms with Crippen LogP contribution in [0.3, 0.4) is 0 Å². The van der Waals surface area contributed by atoms with Crippen molar-refractivity contribution in [2.45, 2.75) is 25.5 Å². The minimum Gasteiger partial charge on any atom is -0.326 e. The Morgan fingerprint density at radius 3 is 2.24 bits per heavy atom. The fourth-order valence-electron chi connectivity index (χ4n) is 1.31. The Labute approximate surface area is 101 Å². The fourth-order valence-corrected chi connectivity index (χ4v) is 2.25. The van der Waals surface area contributed by atoms with Crippen molar-refractivity contribution in [1.29, 1.82) is 0 Å². The van der Waals surface area contributed by atoms with Crippen molar-refractivity contribution in [3.63, 3.8) is 0 Å². The molecule has 1 rings (SSSR count). The maximum absolute atomic E-state index is 11.8. The van der Waals surface area contributed by atoms with E-state index < -0.39 is 26.2 Å². The molecule has 1 fully saturated rings. The molecule has 1 aliphatic rings. The Balaban J connectivity index is 2.72. The second-order valence-corrected chi connectivity index (χ2v) is 7.94. The summed E-state index contributed by atoms with van der Waals surface area (Å²) in [5.41, 5.74) is 0. The highest BCUT2D eigenvalue weighted by Crippen LogP contribution is 2.17. The third kappa shape index (κ3) is 2.96. The van der Waals surface area contributed by atoms with Crippen molar-refractivity contribution in [1.82, 2.24) is 9.80 Å². The first kappa shape index (κ1) is 14.0. The second kappa shape index (κ2) is 4.29.